The second kappa shape index (κ2) is 1.97. The van der Waals surface area contributed by atoms with Crippen LogP contribution in [0.2, 0.25) is 0 Å². The first-order chi connectivity index (χ1) is 4.81. The summed E-state index contributed by atoms with van der Waals surface area (Å²) >= 11 is 0. The Morgan fingerprint density at radius 3 is 2.30 bits per heavy atom. The Bertz CT molecular complexity index is 149. The standard InChI is InChI=1S/C8H13NO/c10-7-6-8(9-7)4-2-1-3-5-8/h1-6H2,(H,9,10). The number of β-lactam (4-membered cyclic amide) rings is 1. The van der Waals surface area contributed by atoms with Gasteiger partial charge in [-0.25, -0.2) is 0 Å². The molecule has 56 valence electrons. The zero-order valence-corrected chi connectivity index (χ0v) is 6.15. The number of amides is 1. The molecule has 1 saturated carbocycles. The van der Waals surface area contributed by atoms with Crippen LogP contribution in [0.25, 0.3) is 0 Å². The smallest absolute Gasteiger partial charge is 0.222 e. The highest BCUT2D eigenvalue weighted by Gasteiger charge is 2.42. The Morgan fingerprint density at radius 2 is 1.80 bits per heavy atom. The Kier molecular flexibility index (Phi) is 1.22. The van der Waals surface area contributed by atoms with Crippen LogP contribution >= 0.6 is 0 Å². The summed E-state index contributed by atoms with van der Waals surface area (Å²) in [5, 5.41) is 3.02. The van der Waals surface area contributed by atoms with Gasteiger partial charge in [0.2, 0.25) is 5.91 Å². The topological polar surface area (TPSA) is 29.1 Å². The summed E-state index contributed by atoms with van der Waals surface area (Å²) in [5.41, 5.74) is 0.273. The fraction of sp³-hybridized carbons (Fsp3) is 0.875. The van der Waals surface area contributed by atoms with E-state index >= 15 is 0 Å². The van der Waals surface area contributed by atoms with Gasteiger partial charge in [0.15, 0.2) is 0 Å². The monoisotopic (exact) mass is 139 g/mol. The number of rotatable bonds is 0. The summed E-state index contributed by atoms with van der Waals surface area (Å²) in [5.74, 6) is 0.252. The molecule has 1 aliphatic carbocycles. The van der Waals surface area contributed by atoms with Crippen molar-refractivity contribution in [2.75, 3.05) is 0 Å². The lowest BCUT2D eigenvalue weighted by molar-refractivity contribution is -0.134. The van der Waals surface area contributed by atoms with Crippen LogP contribution in [-0.2, 0) is 4.79 Å². The predicted molar refractivity (Wildman–Crippen MR) is 38.6 cm³/mol. The van der Waals surface area contributed by atoms with Gasteiger partial charge in [-0.2, -0.15) is 0 Å². The van der Waals surface area contributed by atoms with Gasteiger partial charge >= 0.3 is 0 Å². The number of hydrogen-bond acceptors (Lipinski definition) is 1. The maximum absolute atomic E-state index is 10.7. The van der Waals surface area contributed by atoms with Crippen LogP contribution in [0.3, 0.4) is 0 Å². The highest BCUT2D eigenvalue weighted by Crippen LogP contribution is 2.35. The molecule has 2 nitrogen and oxygen atoms in total. The molecule has 1 aliphatic heterocycles. The van der Waals surface area contributed by atoms with E-state index in [0.717, 1.165) is 6.42 Å². The van der Waals surface area contributed by atoms with Crippen LogP contribution in [0.5, 0.6) is 0 Å². The number of carbonyl (C=O) groups excluding carboxylic acids is 1. The average molecular weight is 139 g/mol. The van der Waals surface area contributed by atoms with E-state index in [4.69, 9.17) is 0 Å². The van der Waals surface area contributed by atoms with Gasteiger partial charge < -0.3 is 5.32 Å². The number of nitrogens with one attached hydrogen (secondary N) is 1. The minimum Gasteiger partial charge on any atom is -0.350 e. The molecular formula is C8H13NO. The third-order valence-electron chi connectivity index (χ3n) is 2.71. The quantitative estimate of drug-likeness (QED) is 0.502. The zero-order valence-electron chi connectivity index (χ0n) is 6.15. The van der Waals surface area contributed by atoms with Crippen molar-refractivity contribution in [3.8, 4) is 0 Å². The highest BCUT2D eigenvalue weighted by atomic mass is 16.2. The van der Waals surface area contributed by atoms with Crippen LogP contribution in [0, 0.1) is 0 Å². The Morgan fingerprint density at radius 1 is 1.20 bits per heavy atom. The van der Waals surface area contributed by atoms with Crippen molar-refractivity contribution in [2.45, 2.75) is 44.1 Å². The van der Waals surface area contributed by atoms with Crippen molar-refractivity contribution in [2.24, 2.45) is 0 Å². The van der Waals surface area contributed by atoms with Gasteiger partial charge in [0.05, 0.1) is 0 Å². The van der Waals surface area contributed by atoms with E-state index in [1.54, 1.807) is 0 Å². The fourth-order valence-electron chi connectivity index (χ4n) is 2.12. The van der Waals surface area contributed by atoms with E-state index in [1.807, 2.05) is 0 Å². The molecule has 2 rings (SSSR count). The van der Waals surface area contributed by atoms with E-state index < -0.39 is 0 Å². The predicted octanol–water partition coefficient (Wildman–Crippen LogP) is 1.21. The van der Waals surface area contributed by atoms with Gasteiger partial charge in [0.25, 0.3) is 0 Å². The first kappa shape index (κ1) is 6.20. The van der Waals surface area contributed by atoms with Gasteiger partial charge in [-0.15, -0.1) is 0 Å². The number of hydrogen-bond donors (Lipinski definition) is 1. The Hall–Kier alpha value is -0.530. The molecule has 0 unspecified atom stereocenters. The van der Waals surface area contributed by atoms with E-state index in [0.29, 0.717) is 0 Å². The molecule has 1 saturated heterocycles. The summed E-state index contributed by atoms with van der Waals surface area (Å²) in [4.78, 5) is 10.7. The minimum atomic E-state index is 0.252. The van der Waals surface area contributed by atoms with E-state index in [-0.39, 0.29) is 11.4 Å². The lowest BCUT2D eigenvalue weighted by Gasteiger charge is -2.45. The van der Waals surface area contributed by atoms with Crippen molar-refractivity contribution in [1.29, 1.82) is 0 Å². The van der Waals surface area contributed by atoms with Crippen molar-refractivity contribution in [1.82, 2.24) is 5.32 Å². The molecule has 0 aromatic heterocycles. The summed E-state index contributed by atoms with van der Waals surface area (Å²) in [6, 6.07) is 0. The van der Waals surface area contributed by atoms with Crippen molar-refractivity contribution in [3.05, 3.63) is 0 Å². The Labute approximate surface area is 61.0 Å². The van der Waals surface area contributed by atoms with Crippen molar-refractivity contribution >= 4 is 5.91 Å². The van der Waals surface area contributed by atoms with Gasteiger partial charge in [-0.05, 0) is 12.8 Å². The molecule has 0 aromatic carbocycles. The molecule has 0 atom stereocenters. The Balaban J connectivity index is 1.96. The van der Waals surface area contributed by atoms with Crippen LogP contribution < -0.4 is 5.32 Å². The molecular weight excluding hydrogens is 126 g/mol. The maximum Gasteiger partial charge on any atom is 0.222 e. The molecule has 2 heteroatoms. The molecule has 1 spiro atoms. The molecule has 1 heterocycles. The second-order valence-electron chi connectivity index (χ2n) is 3.57. The fourth-order valence-corrected chi connectivity index (χ4v) is 2.12. The lowest BCUT2D eigenvalue weighted by Crippen LogP contribution is -2.61. The highest BCUT2D eigenvalue weighted by molar-refractivity contribution is 5.84. The molecule has 10 heavy (non-hydrogen) atoms. The van der Waals surface area contributed by atoms with Crippen LogP contribution in [0.4, 0.5) is 0 Å². The molecule has 0 bridgehead atoms. The van der Waals surface area contributed by atoms with Crippen molar-refractivity contribution < 1.29 is 4.79 Å². The van der Waals surface area contributed by atoms with Gasteiger partial charge in [-0.1, -0.05) is 19.3 Å². The third-order valence-corrected chi connectivity index (χ3v) is 2.71. The zero-order chi connectivity index (χ0) is 7.03. The minimum absolute atomic E-state index is 0.252. The van der Waals surface area contributed by atoms with E-state index in [9.17, 15) is 4.79 Å². The summed E-state index contributed by atoms with van der Waals surface area (Å²) in [6.45, 7) is 0. The van der Waals surface area contributed by atoms with Crippen LogP contribution in [0.1, 0.15) is 38.5 Å². The summed E-state index contributed by atoms with van der Waals surface area (Å²) in [6.07, 6.45) is 7.21. The molecule has 0 aromatic rings. The first-order valence-electron chi connectivity index (χ1n) is 4.12. The molecule has 1 amide bonds. The average Bonchev–Trinajstić information content (AvgIpc) is 1.87. The first-order valence-corrected chi connectivity index (χ1v) is 4.12. The molecule has 0 radical (unpaired) electrons. The second-order valence-corrected chi connectivity index (χ2v) is 3.57. The van der Waals surface area contributed by atoms with E-state index in [1.165, 1.54) is 32.1 Å². The number of carbonyl (C=O) groups is 1. The lowest BCUT2D eigenvalue weighted by atomic mass is 9.74. The van der Waals surface area contributed by atoms with Crippen molar-refractivity contribution in [3.63, 3.8) is 0 Å². The molecule has 2 fully saturated rings. The molecule has 2 aliphatic rings. The van der Waals surface area contributed by atoms with Crippen LogP contribution in [0.15, 0.2) is 0 Å². The van der Waals surface area contributed by atoms with E-state index in [2.05, 4.69) is 5.32 Å². The largest absolute Gasteiger partial charge is 0.350 e. The van der Waals surface area contributed by atoms with Gasteiger partial charge in [0, 0.05) is 12.0 Å². The summed E-state index contributed by atoms with van der Waals surface area (Å²) in [7, 11) is 0. The SMILES string of the molecule is O=C1CC2(CCCCC2)N1. The maximum atomic E-state index is 10.7. The normalized spacial score (nSPS) is 29.4. The van der Waals surface area contributed by atoms with Crippen LogP contribution in [-0.4, -0.2) is 11.4 Å². The van der Waals surface area contributed by atoms with Gasteiger partial charge in [-0.3, -0.25) is 4.79 Å². The van der Waals surface area contributed by atoms with Gasteiger partial charge in [0.1, 0.15) is 0 Å². The molecule has 1 N–H and O–H groups in total. The third kappa shape index (κ3) is 0.825. The summed E-state index contributed by atoms with van der Waals surface area (Å²) < 4.78 is 0.